The minimum Gasteiger partial charge on any atom is -0.351 e. The second-order valence-corrected chi connectivity index (χ2v) is 8.59. The molecule has 0 bridgehead atoms. The van der Waals surface area contributed by atoms with E-state index in [1.807, 2.05) is 37.3 Å². The molecule has 0 saturated carbocycles. The normalized spacial score (nSPS) is 14.4. The van der Waals surface area contributed by atoms with Gasteiger partial charge in [-0.3, -0.25) is 4.79 Å². The van der Waals surface area contributed by atoms with Crippen molar-refractivity contribution in [3.63, 3.8) is 0 Å². The van der Waals surface area contributed by atoms with Gasteiger partial charge in [-0.2, -0.15) is 0 Å². The average molecular weight is 370 g/mol. The van der Waals surface area contributed by atoms with Crippen LogP contribution in [0.4, 0.5) is 0 Å². The predicted molar refractivity (Wildman–Crippen MR) is 103 cm³/mol. The van der Waals surface area contributed by atoms with Gasteiger partial charge in [0.15, 0.2) is 0 Å². The van der Waals surface area contributed by atoms with Gasteiger partial charge in [-0.15, -0.1) is 11.3 Å². The molecule has 2 heterocycles. The molecule has 1 unspecified atom stereocenters. The summed E-state index contributed by atoms with van der Waals surface area (Å²) in [5.41, 5.74) is 2.51. The molecule has 1 aromatic carbocycles. The zero-order valence-corrected chi connectivity index (χ0v) is 15.6. The Hall–Kier alpha value is -1.92. The van der Waals surface area contributed by atoms with Crippen LogP contribution in [-0.4, -0.2) is 21.1 Å². The van der Waals surface area contributed by atoms with E-state index in [0.717, 1.165) is 28.3 Å². The number of rotatable bonds is 5. The zero-order chi connectivity index (χ0) is 17.2. The number of thiophene rings is 1. The lowest BCUT2D eigenvalue weighted by Crippen LogP contribution is -2.30. The lowest BCUT2D eigenvalue weighted by molar-refractivity contribution is -0.120. The smallest absolute Gasteiger partial charge is 0.233 e. The molecule has 0 radical (unpaired) electrons. The van der Waals surface area contributed by atoms with Crippen molar-refractivity contribution in [1.82, 2.24) is 15.3 Å². The third-order valence-corrected chi connectivity index (χ3v) is 6.73. The second kappa shape index (κ2) is 7.14. The van der Waals surface area contributed by atoms with E-state index >= 15 is 0 Å². The van der Waals surface area contributed by atoms with Crippen LogP contribution < -0.4 is 5.32 Å². The number of thioether (sulfide) groups is 1. The average Bonchev–Trinajstić information content (AvgIpc) is 3.21. The fourth-order valence-corrected chi connectivity index (χ4v) is 5.40. The van der Waals surface area contributed by atoms with Crippen LogP contribution in [0.25, 0.3) is 10.2 Å². The first-order valence-corrected chi connectivity index (χ1v) is 10.2. The number of fused-ring (bicyclic) bond motifs is 3. The molecule has 25 heavy (non-hydrogen) atoms. The van der Waals surface area contributed by atoms with Crippen LogP contribution in [0.2, 0.25) is 0 Å². The summed E-state index contributed by atoms with van der Waals surface area (Å²) in [5.74, 6) is 0.0347. The van der Waals surface area contributed by atoms with Crippen molar-refractivity contribution in [2.75, 3.05) is 0 Å². The van der Waals surface area contributed by atoms with Gasteiger partial charge in [0, 0.05) is 16.8 Å². The van der Waals surface area contributed by atoms with Gasteiger partial charge in [-0.1, -0.05) is 42.1 Å². The lowest BCUT2D eigenvalue weighted by atomic mass is 10.2. The Morgan fingerprint density at radius 1 is 1.28 bits per heavy atom. The quantitative estimate of drug-likeness (QED) is 0.546. The predicted octanol–water partition coefficient (Wildman–Crippen LogP) is 3.98. The van der Waals surface area contributed by atoms with Gasteiger partial charge in [-0.05, 0) is 37.3 Å². The summed E-state index contributed by atoms with van der Waals surface area (Å²) >= 11 is 3.31. The van der Waals surface area contributed by atoms with Crippen molar-refractivity contribution in [2.24, 2.45) is 0 Å². The van der Waals surface area contributed by atoms with Crippen LogP contribution in [0.3, 0.4) is 0 Å². The zero-order valence-electron chi connectivity index (χ0n) is 14.0. The maximum atomic E-state index is 12.5. The molecule has 1 aliphatic rings. The van der Waals surface area contributed by atoms with E-state index in [4.69, 9.17) is 0 Å². The van der Waals surface area contributed by atoms with Gasteiger partial charge in [0.05, 0.1) is 5.25 Å². The number of nitrogens with one attached hydrogen (secondary N) is 1. The van der Waals surface area contributed by atoms with Crippen molar-refractivity contribution in [1.29, 1.82) is 0 Å². The summed E-state index contributed by atoms with van der Waals surface area (Å²) in [4.78, 5) is 23.9. The number of nitrogens with zero attached hydrogens (tertiary/aromatic N) is 2. The van der Waals surface area contributed by atoms with Gasteiger partial charge >= 0.3 is 0 Å². The van der Waals surface area contributed by atoms with E-state index in [0.29, 0.717) is 6.54 Å². The minimum absolute atomic E-state index is 0.0347. The monoisotopic (exact) mass is 369 g/mol. The fraction of sp³-hybridized carbons (Fsp3) is 0.316. The van der Waals surface area contributed by atoms with Crippen LogP contribution in [0.5, 0.6) is 0 Å². The Balaban J connectivity index is 1.48. The molecule has 0 aliphatic heterocycles. The standard InChI is InChI=1S/C19H19N3OS2/c1-12(17(23)20-10-13-6-3-2-4-7-13)24-18-16-14-8-5-9-15(14)25-19(16)22-11-21-18/h2-4,6-7,11-12H,5,8-10H2,1H3,(H,20,23). The topological polar surface area (TPSA) is 54.9 Å². The molecule has 0 saturated heterocycles. The van der Waals surface area contributed by atoms with Crippen LogP contribution in [-0.2, 0) is 24.2 Å². The summed E-state index contributed by atoms with van der Waals surface area (Å²) in [6.07, 6.45) is 5.08. The Morgan fingerprint density at radius 3 is 2.96 bits per heavy atom. The van der Waals surface area contributed by atoms with Crippen LogP contribution in [0, 0.1) is 0 Å². The lowest BCUT2D eigenvalue weighted by Gasteiger charge is -2.12. The molecule has 4 rings (SSSR count). The van der Waals surface area contributed by atoms with Crippen LogP contribution >= 0.6 is 23.1 Å². The molecule has 1 aliphatic carbocycles. The summed E-state index contributed by atoms with van der Waals surface area (Å²) in [7, 11) is 0. The molecule has 4 nitrogen and oxygen atoms in total. The molecule has 6 heteroatoms. The fourth-order valence-electron chi connectivity index (χ4n) is 3.14. The molecule has 3 aromatic rings. The van der Waals surface area contributed by atoms with E-state index in [-0.39, 0.29) is 11.2 Å². The van der Waals surface area contributed by atoms with E-state index in [2.05, 4.69) is 15.3 Å². The molecule has 1 amide bonds. The molecular weight excluding hydrogens is 350 g/mol. The maximum absolute atomic E-state index is 12.5. The van der Waals surface area contributed by atoms with Crippen molar-refractivity contribution in [3.8, 4) is 0 Å². The Morgan fingerprint density at radius 2 is 2.12 bits per heavy atom. The first-order valence-electron chi connectivity index (χ1n) is 8.46. The van der Waals surface area contributed by atoms with Gasteiger partial charge in [-0.25, -0.2) is 9.97 Å². The van der Waals surface area contributed by atoms with Crippen molar-refractivity contribution < 1.29 is 4.79 Å². The number of carbonyl (C=O) groups is 1. The third kappa shape index (κ3) is 3.41. The first kappa shape index (κ1) is 16.5. The van der Waals surface area contributed by atoms with Gasteiger partial charge < -0.3 is 5.32 Å². The number of aryl methyl sites for hydroxylation is 2. The Labute approximate surface area is 155 Å². The highest BCUT2D eigenvalue weighted by atomic mass is 32.2. The van der Waals surface area contributed by atoms with Gasteiger partial charge in [0.1, 0.15) is 16.2 Å². The number of hydrogen-bond acceptors (Lipinski definition) is 5. The maximum Gasteiger partial charge on any atom is 0.233 e. The summed E-state index contributed by atoms with van der Waals surface area (Å²) in [6, 6.07) is 9.97. The third-order valence-electron chi connectivity index (χ3n) is 4.43. The van der Waals surface area contributed by atoms with Gasteiger partial charge in [0.2, 0.25) is 5.91 Å². The van der Waals surface area contributed by atoms with Crippen LogP contribution in [0.15, 0.2) is 41.7 Å². The molecule has 1 N–H and O–H groups in total. The van der Waals surface area contributed by atoms with E-state index in [1.165, 1.54) is 34.0 Å². The summed E-state index contributed by atoms with van der Waals surface area (Å²) in [5, 5.41) is 4.93. The minimum atomic E-state index is -0.196. The van der Waals surface area contributed by atoms with E-state index < -0.39 is 0 Å². The highest BCUT2D eigenvalue weighted by Gasteiger charge is 2.23. The molecular formula is C19H19N3OS2. The summed E-state index contributed by atoms with van der Waals surface area (Å²) in [6.45, 7) is 2.49. The van der Waals surface area contributed by atoms with E-state index in [1.54, 1.807) is 17.7 Å². The highest BCUT2D eigenvalue weighted by molar-refractivity contribution is 8.00. The number of amides is 1. The summed E-state index contributed by atoms with van der Waals surface area (Å²) < 4.78 is 0. The Bertz CT molecular complexity index is 908. The van der Waals surface area contributed by atoms with Crippen molar-refractivity contribution in [2.45, 2.75) is 43.0 Å². The number of aromatic nitrogens is 2. The molecule has 2 aromatic heterocycles. The SMILES string of the molecule is CC(Sc1ncnc2sc3c(c12)CCC3)C(=O)NCc1ccccc1. The molecule has 128 valence electrons. The number of benzene rings is 1. The molecule has 1 atom stereocenters. The van der Waals surface area contributed by atoms with Crippen molar-refractivity contribution >= 4 is 39.2 Å². The molecule has 0 fully saturated rings. The van der Waals surface area contributed by atoms with Crippen molar-refractivity contribution in [3.05, 3.63) is 52.7 Å². The highest BCUT2D eigenvalue weighted by Crippen LogP contribution is 2.40. The largest absolute Gasteiger partial charge is 0.351 e. The Kier molecular flexibility index (Phi) is 4.72. The second-order valence-electron chi connectivity index (χ2n) is 6.18. The first-order chi connectivity index (χ1) is 12.2. The number of carbonyl (C=O) groups excluding carboxylic acids is 1. The molecule has 0 spiro atoms. The number of hydrogen-bond donors (Lipinski definition) is 1. The van der Waals surface area contributed by atoms with Crippen LogP contribution in [0.1, 0.15) is 29.3 Å². The van der Waals surface area contributed by atoms with E-state index in [9.17, 15) is 4.79 Å². The van der Waals surface area contributed by atoms with Gasteiger partial charge in [0.25, 0.3) is 0 Å².